The van der Waals surface area contributed by atoms with Crippen molar-refractivity contribution in [2.45, 2.75) is 25.3 Å². The van der Waals surface area contributed by atoms with E-state index < -0.39 is 45.8 Å². The molecule has 8 nitrogen and oxygen atoms in total. The molecule has 14 heteroatoms. The fourth-order valence-corrected chi connectivity index (χ4v) is 2.11. The molecule has 0 saturated heterocycles. The quantitative estimate of drug-likeness (QED) is 0.341. The molecule has 1 aromatic carbocycles. The predicted molar refractivity (Wildman–Crippen MR) is 80.1 cm³/mol. The van der Waals surface area contributed by atoms with Gasteiger partial charge in [0.1, 0.15) is 0 Å². The van der Waals surface area contributed by atoms with Crippen LogP contribution in [0.5, 0.6) is 0 Å². The van der Waals surface area contributed by atoms with Gasteiger partial charge in [0.2, 0.25) is 6.33 Å². The fourth-order valence-electron chi connectivity index (χ4n) is 2.11. The van der Waals surface area contributed by atoms with Crippen molar-refractivity contribution >= 4 is 11.9 Å². The van der Waals surface area contributed by atoms with Gasteiger partial charge in [-0.1, -0.05) is 4.98 Å². The molecule has 0 saturated carbocycles. The highest BCUT2D eigenvalue weighted by molar-refractivity contribution is 5.94. The number of aromatic nitrogens is 3. The summed E-state index contributed by atoms with van der Waals surface area (Å²) in [5, 5.41) is 16.1. The molecular weight excluding hydrogens is 400 g/mol. The number of rotatable bonds is 6. The molecule has 0 spiro atoms. The number of hydrogen-bond donors (Lipinski definition) is 1. The van der Waals surface area contributed by atoms with Gasteiger partial charge in [0.25, 0.3) is 5.91 Å². The van der Waals surface area contributed by atoms with Crippen LogP contribution in [0.25, 0.3) is 0 Å². The molecule has 1 amide bonds. The highest BCUT2D eigenvalue weighted by atomic mass is 19.4. The van der Waals surface area contributed by atoms with Crippen LogP contribution in [0.2, 0.25) is 0 Å². The number of nitrogens with one attached hydrogen (secondary N) is 1. The number of halogens is 6. The lowest BCUT2D eigenvalue weighted by Gasteiger charge is -2.14. The summed E-state index contributed by atoms with van der Waals surface area (Å²) in [5.41, 5.74) is -3.98. The van der Waals surface area contributed by atoms with E-state index in [0.717, 1.165) is 11.0 Å². The first-order valence-corrected chi connectivity index (χ1v) is 7.49. The number of amides is 1. The minimum absolute atomic E-state index is 0.0750. The number of benzene rings is 1. The Morgan fingerprint density at radius 3 is 2.14 bits per heavy atom. The van der Waals surface area contributed by atoms with Gasteiger partial charge < -0.3 is 15.4 Å². The molecule has 0 bridgehead atoms. The van der Waals surface area contributed by atoms with Crippen molar-refractivity contribution in [3.8, 4) is 0 Å². The SMILES string of the molecule is O=C(NCCCn1cnc([N+](=O)[O-])n1)c1cc(C(F)(F)F)cc(C(F)(F)F)c1. The van der Waals surface area contributed by atoms with Crippen LogP contribution in [0.1, 0.15) is 27.9 Å². The average molecular weight is 411 g/mol. The zero-order valence-corrected chi connectivity index (χ0v) is 13.7. The first-order valence-electron chi connectivity index (χ1n) is 7.49. The molecule has 2 rings (SSSR count). The van der Waals surface area contributed by atoms with Gasteiger partial charge in [0, 0.05) is 17.2 Å². The summed E-state index contributed by atoms with van der Waals surface area (Å²) in [7, 11) is 0. The van der Waals surface area contributed by atoms with Crippen LogP contribution >= 0.6 is 0 Å². The van der Waals surface area contributed by atoms with Crippen LogP contribution < -0.4 is 5.32 Å². The van der Waals surface area contributed by atoms with E-state index in [2.05, 4.69) is 15.4 Å². The number of alkyl halides is 6. The molecule has 0 aliphatic rings. The summed E-state index contributed by atoms with van der Waals surface area (Å²) in [6.45, 7) is -0.0401. The molecule has 0 aliphatic heterocycles. The highest BCUT2D eigenvalue weighted by Crippen LogP contribution is 2.36. The normalized spacial score (nSPS) is 12.1. The average Bonchev–Trinajstić information content (AvgIpc) is 3.06. The van der Waals surface area contributed by atoms with E-state index >= 15 is 0 Å². The van der Waals surface area contributed by atoms with Gasteiger partial charge in [-0.3, -0.25) is 4.79 Å². The summed E-state index contributed by atoms with van der Waals surface area (Å²) in [6.07, 6.45) is -8.89. The van der Waals surface area contributed by atoms with E-state index in [4.69, 9.17) is 0 Å². The smallest absolute Gasteiger partial charge is 0.390 e. The Morgan fingerprint density at radius 1 is 1.11 bits per heavy atom. The third kappa shape index (κ3) is 5.40. The van der Waals surface area contributed by atoms with E-state index in [-0.39, 0.29) is 25.6 Å². The molecule has 1 aromatic heterocycles. The Bertz CT molecular complexity index is 845. The van der Waals surface area contributed by atoms with Crippen molar-refractivity contribution in [3.05, 3.63) is 51.3 Å². The zero-order valence-electron chi connectivity index (χ0n) is 13.7. The van der Waals surface area contributed by atoms with Gasteiger partial charge in [0.05, 0.1) is 17.7 Å². The van der Waals surface area contributed by atoms with Gasteiger partial charge >= 0.3 is 18.3 Å². The Balaban J connectivity index is 2.03. The molecule has 1 N–H and O–H groups in total. The van der Waals surface area contributed by atoms with Gasteiger partial charge in [0.15, 0.2) is 0 Å². The van der Waals surface area contributed by atoms with Crippen LogP contribution in [0.3, 0.4) is 0 Å². The Morgan fingerprint density at radius 2 is 1.68 bits per heavy atom. The van der Waals surface area contributed by atoms with Crippen LogP contribution in [-0.4, -0.2) is 32.1 Å². The summed E-state index contributed by atoms with van der Waals surface area (Å²) in [6, 6.07) is 0.575. The Hall–Kier alpha value is -3.19. The molecule has 0 radical (unpaired) electrons. The molecule has 2 aromatic rings. The lowest BCUT2D eigenvalue weighted by atomic mass is 10.0. The highest BCUT2D eigenvalue weighted by Gasteiger charge is 2.37. The third-order valence-electron chi connectivity index (χ3n) is 3.39. The molecule has 0 unspecified atom stereocenters. The zero-order chi connectivity index (χ0) is 21.1. The second-order valence-electron chi connectivity index (χ2n) is 5.47. The summed E-state index contributed by atoms with van der Waals surface area (Å²) >= 11 is 0. The van der Waals surface area contributed by atoms with Crippen LogP contribution in [0.4, 0.5) is 32.3 Å². The third-order valence-corrected chi connectivity index (χ3v) is 3.39. The first-order chi connectivity index (χ1) is 12.9. The molecular formula is C14H11F6N5O3. The van der Waals surface area contributed by atoms with E-state index in [1.165, 1.54) is 0 Å². The van der Waals surface area contributed by atoms with E-state index in [1.54, 1.807) is 0 Å². The fraction of sp³-hybridized carbons (Fsp3) is 0.357. The maximum Gasteiger partial charge on any atom is 0.490 e. The van der Waals surface area contributed by atoms with Crippen molar-refractivity contribution in [3.63, 3.8) is 0 Å². The van der Waals surface area contributed by atoms with Crippen molar-refractivity contribution in [2.75, 3.05) is 6.54 Å². The molecule has 0 atom stereocenters. The summed E-state index contributed by atoms with van der Waals surface area (Å²) < 4.78 is 77.8. The number of carbonyl (C=O) groups excluding carboxylic acids is 1. The van der Waals surface area contributed by atoms with Gasteiger partial charge in [-0.05, 0) is 29.5 Å². The minimum atomic E-state index is -5.06. The van der Waals surface area contributed by atoms with Crippen molar-refractivity contribution in [2.24, 2.45) is 0 Å². The van der Waals surface area contributed by atoms with Crippen LogP contribution in [-0.2, 0) is 18.9 Å². The molecule has 0 fully saturated rings. The van der Waals surface area contributed by atoms with Gasteiger partial charge in [-0.25, -0.2) is 0 Å². The lowest BCUT2D eigenvalue weighted by Crippen LogP contribution is -2.26. The summed E-state index contributed by atoms with van der Waals surface area (Å²) in [4.78, 5) is 25.0. The lowest BCUT2D eigenvalue weighted by molar-refractivity contribution is -0.394. The van der Waals surface area contributed by atoms with Crippen LogP contribution in [0, 0.1) is 10.1 Å². The number of nitro groups is 1. The Labute approximate surface area is 152 Å². The Kier molecular flexibility index (Phi) is 5.89. The number of aryl methyl sites for hydroxylation is 1. The predicted octanol–water partition coefficient (Wildman–Crippen LogP) is 3.04. The monoisotopic (exact) mass is 411 g/mol. The molecule has 0 aliphatic carbocycles. The van der Waals surface area contributed by atoms with Gasteiger partial charge in [-0.15, -0.1) is 0 Å². The second kappa shape index (κ2) is 7.82. The molecule has 152 valence electrons. The molecule has 28 heavy (non-hydrogen) atoms. The maximum absolute atomic E-state index is 12.8. The topological polar surface area (TPSA) is 103 Å². The van der Waals surface area contributed by atoms with Crippen molar-refractivity contribution in [1.29, 1.82) is 0 Å². The van der Waals surface area contributed by atoms with E-state index in [1.807, 2.05) is 0 Å². The minimum Gasteiger partial charge on any atom is -0.390 e. The number of hydrogen-bond acceptors (Lipinski definition) is 5. The largest absolute Gasteiger partial charge is 0.490 e. The first kappa shape index (κ1) is 21.1. The standard InChI is InChI=1S/C14H11F6N5O3/c15-13(16,17)9-4-8(5-10(6-9)14(18,19)20)11(26)21-2-1-3-24-7-22-12(23-24)25(27)28/h4-7H,1-3H2,(H,21,26). The number of carbonyl (C=O) groups is 1. The van der Waals surface area contributed by atoms with Crippen molar-refractivity contribution < 1.29 is 36.1 Å². The van der Waals surface area contributed by atoms with E-state index in [9.17, 15) is 41.3 Å². The number of nitrogens with zero attached hydrogens (tertiary/aromatic N) is 4. The second-order valence-corrected chi connectivity index (χ2v) is 5.47. The van der Waals surface area contributed by atoms with E-state index in [0.29, 0.717) is 12.1 Å². The van der Waals surface area contributed by atoms with Crippen LogP contribution in [0.15, 0.2) is 24.5 Å². The molecule has 1 heterocycles. The van der Waals surface area contributed by atoms with Gasteiger partial charge in [-0.2, -0.15) is 31.0 Å². The van der Waals surface area contributed by atoms with Crippen molar-refractivity contribution in [1.82, 2.24) is 20.1 Å². The summed E-state index contributed by atoms with van der Waals surface area (Å²) in [5.74, 6) is -1.76. The maximum atomic E-state index is 12.8.